The van der Waals surface area contributed by atoms with Crippen LogP contribution in [0.5, 0.6) is 0 Å². The van der Waals surface area contributed by atoms with E-state index in [0.717, 1.165) is 22.4 Å². The van der Waals surface area contributed by atoms with E-state index in [0.29, 0.717) is 23.0 Å². The molecule has 0 bridgehead atoms. The number of anilines is 1. The topological polar surface area (TPSA) is 38.1 Å². The quantitative estimate of drug-likeness (QED) is 0.665. The van der Waals surface area contributed by atoms with Gasteiger partial charge in [0.25, 0.3) is 5.91 Å². The zero-order chi connectivity index (χ0) is 18.8. The van der Waals surface area contributed by atoms with Crippen LogP contribution in [0.15, 0.2) is 48.5 Å². The van der Waals surface area contributed by atoms with Crippen LogP contribution in [0, 0.1) is 20.8 Å². The van der Waals surface area contributed by atoms with Crippen LogP contribution in [0.4, 0.5) is 5.69 Å². The SMILES string of the molecule is Cc1cccc(N(C)C(=O)c2c(C)nn(Cc3ccccc3)c2Cl)c1C. The van der Waals surface area contributed by atoms with Crippen LogP contribution in [-0.4, -0.2) is 22.7 Å². The van der Waals surface area contributed by atoms with E-state index in [-0.39, 0.29) is 5.91 Å². The lowest BCUT2D eigenvalue weighted by Crippen LogP contribution is -2.27. The van der Waals surface area contributed by atoms with Crippen LogP contribution in [0.3, 0.4) is 0 Å². The number of hydrogen-bond donors (Lipinski definition) is 0. The van der Waals surface area contributed by atoms with Crippen molar-refractivity contribution in [1.29, 1.82) is 0 Å². The summed E-state index contributed by atoms with van der Waals surface area (Å²) in [7, 11) is 1.77. The summed E-state index contributed by atoms with van der Waals surface area (Å²) in [4.78, 5) is 14.7. The molecule has 26 heavy (non-hydrogen) atoms. The van der Waals surface area contributed by atoms with Crippen molar-refractivity contribution in [3.8, 4) is 0 Å². The first kappa shape index (κ1) is 18.2. The lowest BCUT2D eigenvalue weighted by molar-refractivity contribution is 0.0992. The standard InChI is InChI=1S/C21H22ClN3O/c1-14-9-8-12-18(15(14)2)24(4)21(26)19-16(3)23-25(20(19)22)13-17-10-6-5-7-11-17/h5-12H,13H2,1-4H3. The maximum atomic E-state index is 13.1. The molecule has 0 radical (unpaired) electrons. The van der Waals surface area contributed by atoms with E-state index in [1.54, 1.807) is 16.6 Å². The molecule has 4 nitrogen and oxygen atoms in total. The third-order valence-electron chi connectivity index (χ3n) is 4.70. The zero-order valence-electron chi connectivity index (χ0n) is 15.5. The van der Waals surface area contributed by atoms with Gasteiger partial charge in [0.15, 0.2) is 0 Å². The number of amides is 1. The average Bonchev–Trinajstić information content (AvgIpc) is 2.90. The van der Waals surface area contributed by atoms with Gasteiger partial charge in [-0.25, -0.2) is 4.68 Å². The fourth-order valence-electron chi connectivity index (χ4n) is 3.03. The van der Waals surface area contributed by atoms with E-state index < -0.39 is 0 Å². The molecule has 0 aliphatic carbocycles. The first-order valence-corrected chi connectivity index (χ1v) is 8.89. The molecule has 0 fully saturated rings. The third-order valence-corrected chi connectivity index (χ3v) is 5.08. The van der Waals surface area contributed by atoms with Crippen molar-refractivity contribution < 1.29 is 4.79 Å². The van der Waals surface area contributed by atoms with E-state index in [4.69, 9.17) is 11.6 Å². The van der Waals surface area contributed by atoms with E-state index >= 15 is 0 Å². The minimum atomic E-state index is -0.152. The van der Waals surface area contributed by atoms with Gasteiger partial charge in [0.05, 0.1) is 17.8 Å². The lowest BCUT2D eigenvalue weighted by atomic mass is 10.1. The Bertz CT molecular complexity index is 947. The molecule has 0 atom stereocenters. The predicted molar refractivity (Wildman–Crippen MR) is 106 cm³/mol. The van der Waals surface area contributed by atoms with Gasteiger partial charge in [0.2, 0.25) is 0 Å². The number of hydrogen-bond acceptors (Lipinski definition) is 2. The van der Waals surface area contributed by atoms with Gasteiger partial charge in [0.1, 0.15) is 5.15 Å². The lowest BCUT2D eigenvalue weighted by Gasteiger charge is -2.20. The Morgan fingerprint density at radius 2 is 1.77 bits per heavy atom. The minimum absolute atomic E-state index is 0.152. The maximum Gasteiger partial charge on any atom is 0.263 e. The highest BCUT2D eigenvalue weighted by atomic mass is 35.5. The number of aryl methyl sites for hydroxylation is 2. The smallest absolute Gasteiger partial charge is 0.263 e. The number of halogens is 1. The van der Waals surface area contributed by atoms with Crippen molar-refractivity contribution in [3.63, 3.8) is 0 Å². The van der Waals surface area contributed by atoms with Crippen LogP contribution in [-0.2, 0) is 6.54 Å². The summed E-state index contributed by atoms with van der Waals surface area (Å²) >= 11 is 6.53. The highest BCUT2D eigenvalue weighted by molar-refractivity contribution is 6.33. The summed E-state index contributed by atoms with van der Waals surface area (Å²) in [5, 5.41) is 4.85. The van der Waals surface area contributed by atoms with Gasteiger partial charge in [-0.1, -0.05) is 54.1 Å². The first-order chi connectivity index (χ1) is 12.4. The zero-order valence-corrected chi connectivity index (χ0v) is 16.2. The average molecular weight is 368 g/mol. The Morgan fingerprint density at radius 1 is 1.08 bits per heavy atom. The molecule has 1 amide bonds. The van der Waals surface area contributed by atoms with Gasteiger partial charge in [-0.2, -0.15) is 5.10 Å². The molecule has 1 heterocycles. The van der Waals surface area contributed by atoms with Crippen molar-refractivity contribution in [1.82, 2.24) is 9.78 Å². The van der Waals surface area contributed by atoms with Gasteiger partial charge in [-0.3, -0.25) is 4.79 Å². The fourth-order valence-corrected chi connectivity index (χ4v) is 3.35. The molecule has 134 valence electrons. The van der Waals surface area contributed by atoms with Crippen LogP contribution >= 0.6 is 11.6 Å². The number of nitrogens with zero attached hydrogens (tertiary/aromatic N) is 3. The summed E-state index contributed by atoms with van der Waals surface area (Å²) < 4.78 is 1.68. The predicted octanol–water partition coefficient (Wildman–Crippen LogP) is 4.79. The van der Waals surface area contributed by atoms with E-state index in [2.05, 4.69) is 5.10 Å². The highest BCUT2D eigenvalue weighted by Gasteiger charge is 2.25. The molecule has 0 aliphatic rings. The number of rotatable bonds is 4. The van der Waals surface area contributed by atoms with Gasteiger partial charge in [-0.05, 0) is 43.5 Å². The normalized spacial score (nSPS) is 10.8. The van der Waals surface area contributed by atoms with Crippen LogP contribution < -0.4 is 4.90 Å². The third kappa shape index (κ3) is 3.37. The van der Waals surface area contributed by atoms with Crippen LogP contribution in [0.25, 0.3) is 0 Å². The first-order valence-electron chi connectivity index (χ1n) is 8.51. The minimum Gasteiger partial charge on any atom is -0.311 e. The Balaban J connectivity index is 1.94. The van der Waals surface area contributed by atoms with Crippen molar-refractivity contribution in [3.05, 3.63) is 81.6 Å². The highest BCUT2D eigenvalue weighted by Crippen LogP contribution is 2.27. The number of aromatic nitrogens is 2. The van der Waals surface area contributed by atoms with E-state index in [1.807, 2.05) is 69.3 Å². The van der Waals surface area contributed by atoms with Gasteiger partial charge >= 0.3 is 0 Å². The second-order valence-electron chi connectivity index (χ2n) is 6.48. The monoisotopic (exact) mass is 367 g/mol. The molecular formula is C21H22ClN3O. The van der Waals surface area contributed by atoms with Crippen molar-refractivity contribution in [2.24, 2.45) is 0 Å². The van der Waals surface area contributed by atoms with E-state index in [9.17, 15) is 4.79 Å². The summed E-state index contributed by atoms with van der Waals surface area (Å²) in [5.74, 6) is -0.152. The number of carbonyl (C=O) groups is 1. The molecule has 0 aliphatic heterocycles. The molecule has 1 aromatic heterocycles. The Kier molecular flexibility index (Phi) is 5.14. The molecule has 0 saturated heterocycles. The van der Waals surface area contributed by atoms with Crippen molar-refractivity contribution in [2.75, 3.05) is 11.9 Å². The van der Waals surface area contributed by atoms with E-state index in [1.165, 1.54) is 0 Å². The van der Waals surface area contributed by atoms with Crippen molar-refractivity contribution in [2.45, 2.75) is 27.3 Å². The molecule has 0 unspecified atom stereocenters. The summed E-state index contributed by atoms with van der Waals surface area (Å²) in [5.41, 5.74) is 5.26. The molecule has 3 aromatic rings. The largest absolute Gasteiger partial charge is 0.311 e. The number of benzene rings is 2. The Morgan fingerprint density at radius 3 is 2.46 bits per heavy atom. The van der Waals surface area contributed by atoms with Gasteiger partial charge in [-0.15, -0.1) is 0 Å². The second kappa shape index (κ2) is 7.34. The van der Waals surface area contributed by atoms with Crippen molar-refractivity contribution >= 4 is 23.2 Å². The van der Waals surface area contributed by atoms with Gasteiger partial charge in [0, 0.05) is 12.7 Å². The summed E-state index contributed by atoms with van der Waals surface area (Å²) in [6, 6.07) is 15.9. The molecule has 3 rings (SSSR count). The molecule has 5 heteroatoms. The van der Waals surface area contributed by atoms with Gasteiger partial charge < -0.3 is 4.90 Å². The molecule has 2 aromatic carbocycles. The second-order valence-corrected chi connectivity index (χ2v) is 6.84. The Hall–Kier alpha value is -2.59. The Labute approximate surface area is 159 Å². The molecule has 0 saturated carbocycles. The summed E-state index contributed by atoms with van der Waals surface area (Å²) in [6.07, 6.45) is 0. The maximum absolute atomic E-state index is 13.1. The molecular weight excluding hydrogens is 346 g/mol. The van der Waals surface area contributed by atoms with Crippen LogP contribution in [0.1, 0.15) is 32.7 Å². The fraction of sp³-hybridized carbons (Fsp3) is 0.238. The number of carbonyl (C=O) groups excluding carboxylic acids is 1. The molecule has 0 spiro atoms. The summed E-state index contributed by atoms with van der Waals surface area (Å²) in [6.45, 7) is 6.40. The molecule has 0 N–H and O–H groups in total. The van der Waals surface area contributed by atoms with Crippen LogP contribution in [0.2, 0.25) is 5.15 Å².